The lowest BCUT2D eigenvalue weighted by molar-refractivity contribution is 0.608. The Morgan fingerprint density at radius 2 is 2.11 bits per heavy atom. The Morgan fingerprint density at radius 3 is 2.67 bits per heavy atom. The van der Waals surface area contributed by atoms with Gasteiger partial charge < -0.3 is 0 Å². The second kappa shape index (κ2) is 3.79. The molecule has 0 amide bonds. The molecule has 0 N–H and O–H groups in total. The molecule has 1 aliphatic carbocycles. The van der Waals surface area contributed by atoms with E-state index in [1.54, 1.807) is 16.9 Å². The van der Waals surface area contributed by atoms with Crippen molar-refractivity contribution in [3.05, 3.63) is 29.4 Å². The minimum Gasteiger partial charge on any atom is -0.275 e. The zero-order valence-corrected chi connectivity index (χ0v) is 11.4. The smallest absolute Gasteiger partial charge is 0.134 e. The fourth-order valence-corrected chi connectivity index (χ4v) is 2.39. The molecule has 18 heavy (non-hydrogen) atoms. The summed E-state index contributed by atoms with van der Waals surface area (Å²) in [6.45, 7) is 4.46. The normalized spacial score (nSPS) is 21.0. The van der Waals surface area contributed by atoms with Crippen LogP contribution in [0.1, 0.15) is 32.0 Å². The fourth-order valence-electron chi connectivity index (χ4n) is 2.20. The van der Waals surface area contributed by atoms with E-state index in [1.165, 1.54) is 0 Å². The average molecular weight is 263 g/mol. The van der Waals surface area contributed by atoms with Crippen LogP contribution >= 0.6 is 11.6 Å². The van der Waals surface area contributed by atoms with E-state index < -0.39 is 0 Å². The van der Waals surface area contributed by atoms with Crippen molar-refractivity contribution in [3.63, 3.8) is 0 Å². The lowest BCUT2D eigenvalue weighted by atomic mass is 10.1. The monoisotopic (exact) mass is 262 g/mol. The number of rotatable bonds is 2. The summed E-state index contributed by atoms with van der Waals surface area (Å²) in [6.07, 6.45) is 4.85. The Hall–Kier alpha value is -1.42. The van der Waals surface area contributed by atoms with Crippen LogP contribution in [0.5, 0.6) is 0 Å². The highest BCUT2D eigenvalue weighted by molar-refractivity contribution is 6.29. The maximum atomic E-state index is 6.09. The topological polar surface area (TPSA) is 43.6 Å². The highest BCUT2D eigenvalue weighted by Crippen LogP contribution is 2.57. The molecule has 0 aromatic carbocycles. The molecule has 1 aliphatic rings. The zero-order valence-electron chi connectivity index (χ0n) is 10.7. The van der Waals surface area contributed by atoms with Crippen molar-refractivity contribution >= 4 is 11.6 Å². The molecule has 0 aliphatic heterocycles. The van der Waals surface area contributed by atoms with Crippen molar-refractivity contribution in [2.24, 2.45) is 12.5 Å². The molecule has 5 heteroatoms. The van der Waals surface area contributed by atoms with E-state index in [0.717, 1.165) is 23.5 Å². The Bertz CT molecular complexity index is 603. The summed E-state index contributed by atoms with van der Waals surface area (Å²) in [7, 11) is 1.89. The summed E-state index contributed by atoms with van der Waals surface area (Å²) in [4.78, 5) is 8.98. The van der Waals surface area contributed by atoms with Crippen LogP contribution in [0.2, 0.25) is 5.15 Å². The summed E-state index contributed by atoms with van der Waals surface area (Å²) in [5.74, 6) is 1.28. The van der Waals surface area contributed by atoms with Crippen molar-refractivity contribution in [1.82, 2.24) is 19.7 Å². The molecule has 1 unspecified atom stereocenters. The predicted molar refractivity (Wildman–Crippen MR) is 70.4 cm³/mol. The maximum Gasteiger partial charge on any atom is 0.134 e. The zero-order chi connectivity index (χ0) is 12.9. The summed E-state index contributed by atoms with van der Waals surface area (Å²) in [5.41, 5.74) is 2.12. The second-order valence-corrected chi connectivity index (χ2v) is 5.97. The third-order valence-electron chi connectivity index (χ3n) is 3.54. The number of aryl methyl sites for hydroxylation is 1. The van der Waals surface area contributed by atoms with Gasteiger partial charge in [0.2, 0.25) is 0 Å². The van der Waals surface area contributed by atoms with Gasteiger partial charge in [-0.3, -0.25) is 4.68 Å². The number of aromatic nitrogens is 4. The predicted octanol–water partition coefficient (Wildman–Crippen LogP) is 3.04. The van der Waals surface area contributed by atoms with Gasteiger partial charge in [0, 0.05) is 30.8 Å². The molecule has 2 aromatic heterocycles. The van der Waals surface area contributed by atoms with Crippen LogP contribution in [0.25, 0.3) is 11.3 Å². The molecular formula is C13H15ClN4. The molecule has 4 nitrogen and oxygen atoms in total. The molecule has 94 valence electrons. The van der Waals surface area contributed by atoms with Crippen molar-refractivity contribution in [2.75, 3.05) is 0 Å². The fraction of sp³-hybridized carbons (Fsp3) is 0.462. The first kappa shape index (κ1) is 11.7. The van der Waals surface area contributed by atoms with Gasteiger partial charge in [0.25, 0.3) is 0 Å². The van der Waals surface area contributed by atoms with Crippen LogP contribution in [0.15, 0.2) is 18.5 Å². The molecule has 2 aromatic rings. The van der Waals surface area contributed by atoms with Crippen LogP contribution < -0.4 is 0 Å². The Balaban J connectivity index is 2.01. The van der Waals surface area contributed by atoms with Crippen LogP contribution in [-0.2, 0) is 7.05 Å². The number of nitrogens with zero attached hydrogens (tertiary/aromatic N) is 4. The first-order chi connectivity index (χ1) is 8.45. The molecular weight excluding hydrogens is 248 g/mol. The first-order valence-corrected chi connectivity index (χ1v) is 6.37. The largest absolute Gasteiger partial charge is 0.275 e. The van der Waals surface area contributed by atoms with Crippen molar-refractivity contribution in [3.8, 4) is 11.3 Å². The molecule has 0 saturated heterocycles. The van der Waals surface area contributed by atoms with Gasteiger partial charge in [-0.05, 0) is 11.8 Å². The van der Waals surface area contributed by atoms with Gasteiger partial charge in [-0.15, -0.1) is 0 Å². The SMILES string of the molecule is Cn1cc(-c2cc(Cl)nc(C3CC3(C)C)n2)cn1. The van der Waals surface area contributed by atoms with E-state index in [0.29, 0.717) is 16.5 Å². The molecule has 1 atom stereocenters. The third kappa shape index (κ3) is 2.01. The van der Waals surface area contributed by atoms with Crippen LogP contribution in [0.3, 0.4) is 0 Å². The van der Waals surface area contributed by atoms with Crippen LogP contribution in [-0.4, -0.2) is 19.7 Å². The van der Waals surface area contributed by atoms with Gasteiger partial charge in [-0.1, -0.05) is 25.4 Å². The average Bonchev–Trinajstić information content (AvgIpc) is 2.71. The van der Waals surface area contributed by atoms with E-state index in [-0.39, 0.29) is 0 Å². The lowest BCUT2D eigenvalue weighted by Gasteiger charge is -2.05. The van der Waals surface area contributed by atoms with Crippen LogP contribution in [0.4, 0.5) is 0 Å². The van der Waals surface area contributed by atoms with Gasteiger partial charge >= 0.3 is 0 Å². The molecule has 0 radical (unpaired) electrons. The molecule has 0 bridgehead atoms. The second-order valence-electron chi connectivity index (χ2n) is 5.58. The quantitative estimate of drug-likeness (QED) is 0.782. The van der Waals surface area contributed by atoms with Gasteiger partial charge in [-0.2, -0.15) is 5.10 Å². The maximum absolute atomic E-state index is 6.09. The van der Waals surface area contributed by atoms with E-state index >= 15 is 0 Å². The van der Waals surface area contributed by atoms with Gasteiger partial charge in [0.05, 0.1) is 11.9 Å². The molecule has 1 saturated carbocycles. The molecule has 3 rings (SSSR count). The van der Waals surface area contributed by atoms with E-state index in [2.05, 4.69) is 28.9 Å². The summed E-state index contributed by atoms with van der Waals surface area (Å²) in [5, 5.41) is 4.66. The minimum absolute atomic E-state index is 0.302. The molecule has 0 spiro atoms. The van der Waals surface area contributed by atoms with Gasteiger partial charge in [0.15, 0.2) is 0 Å². The number of hydrogen-bond donors (Lipinski definition) is 0. The standard InChI is InChI=1S/C13H15ClN4/c1-13(2)5-9(13)12-16-10(4-11(14)17-12)8-6-15-18(3)7-8/h4,6-7,9H,5H2,1-3H3. The van der Waals surface area contributed by atoms with E-state index in [1.807, 2.05) is 13.2 Å². The summed E-state index contributed by atoms with van der Waals surface area (Å²) < 4.78 is 1.76. The van der Waals surface area contributed by atoms with E-state index in [4.69, 9.17) is 11.6 Å². The number of hydrogen-bond acceptors (Lipinski definition) is 3. The Kier molecular flexibility index (Phi) is 2.45. The Morgan fingerprint density at radius 1 is 1.39 bits per heavy atom. The van der Waals surface area contributed by atoms with Gasteiger partial charge in [0.1, 0.15) is 11.0 Å². The van der Waals surface area contributed by atoms with Crippen molar-refractivity contribution < 1.29 is 0 Å². The minimum atomic E-state index is 0.302. The Labute approximate surface area is 111 Å². The van der Waals surface area contributed by atoms with Crippen LogP contribution in [0, 0.1) is 5.41 Å². The number of halogens is 1. The summed E-state index contributed by atoms with van der Waals surface area (Å²) in [6, 6.07) is 1.79. The highest BCUT2D eigenvalue weighted by Gasteiger charge is 2.48. The summed E-state index contributed by atoms with van der Waals surface area (Å²) >= 11 is 6.09. The van der Waals surface area contributed by atoms with Crippen molar-refractivity contribution in [2.45, 2.75) is 26.2 Å². The lowest BCUT2D eigenvalue weighted by Crippen LogP contribution is -1.99. The first-order valence-electron chi connectivity index (χ1n) is 5.99. The van der Waals surface area contributed by atoms with Gasteiger partial charge in [-0.25, -0.2) is 9.97 Å². The molecule has 2 heterocycles. The highest BCUT2D eigenvalue weighted by atomic mass is 35.5. The van der Waals surface area contributed by atoms with Crippen molar-refractivity contribution in [1.29, 1.82) is 0 Å². The van der Waals surface area contributed by atoms with E-state index in [9.17, 15) is 0 Å². The third-order valence-corrected chi connectivity index (χ3v) is 3.73. The molecule has 1 fully saturated rings.